The molecular formula is C12H11N5. The summed E-state index contributed by atoms with van der Waals surface area (Å²) in [5.41, 5.74) is 1.49. The molecule has 0 saturated carbocycles. The van der Waals surface area contributed by atoms with E-state index < -0.39 is 0 Å². The average Bonchev–Trinajstić information content (AvgIpc) is 2.42. The molecule has 0 aliphatic rings. The first kappa shape index (κ1) is 11.1. The van der Waals surface area contributed by atoms with Gasteiger partial charge in [0.1, 0.15) is 6.33 Å². The van der Waals surface area contributed by atoms with Crippen LogP contribution in [0, 0.1) is 5.41 Å². The maximum atomic E-state index is 7.27. The average molecular weight is 225 g/mol. The summed E-state index contributed by atoms with van der Waals surface area (Å²) in [6.07, 6.45) is 7.84. The molecule has 17 heavy (non-hydrogen) atoms. The van der Waals surface area contributed by atoms with Crippen LogP contribution >= 0.6 is 0 Å². The van der Waals surface area contributed by atoms with Crippen LogP contribution in [0.1, 0.15) is 12.7 Å². The second-order valence-electron chi connectivity index (χ2n) is 3.26. The third-order valence-corrected chi connectivity index (χ3v) is 2.22. The molecule has 0 aliphatic heterocycles. The Morgan fingerprint density at radius 2 is 2.24 bits per heavy atom. The summed E-state index contributed by atoms with van der Waals surface area (Å²) in [6.45, 7) is 1.84. The molecule has 0 fully saturated rings. The van der Waals surface area contributed by atoms with Crippen molar-refractivity contribution in [3.63, 3.8) is 0 Å². The first-order valence-corrected chi connectivity index (χ1v) is 5.11. The van der Waals surface area contributed by atoms with Gasteiger partial charge in [0.2, 0.25) is 0 Å². The molecule has 0 aliphatic carbocycles. The molecule has 0 aromatic carbocycles. The molecule has 0 amide bonds. The van der Waals surface area contributed by atoms with Gasteiger partial charge in [0.05, 0.1) is 0 Å². The number of aromatic nitrogens is 4. The molecule has 0 saturated heterocycles. The Balaban J connectivity index is 2.45. The smallest absolute Gasteiger partial charge is 0.164 e. The molecule has 0 radical (unpaired) electrons. The lowest BCUT2D eigenvalue weighted by molar-refractivity contribution is 1.03. The number of rotatable bonds is 3. The lowest BCUT2D eigenvalue weighted by atomic mass is 10.2. The molecule has 2 rings (SSSR count). The van der Waals surface area contributed by atoms with Crippen LogP contribution in [0.2, 0.25) is 0 Å². The van der Waals surface area contributed by atoms with E-state index in [2.05, 4.69) is 19.9 Å². The van der Waals surface area contributed by atoms with E-state index in [1.807, 2.05) is 19.1 Å². The summed E-state index contributed by atoms with van der Waals surface area (Å²) >= 11 is 0. The third-order valence-electron chi connectivity index (χ3n) is 2.22. The third kappa shape index (κ3) is 2.39. The topological polar surface area (TPSA) is 75.4 Å². The molecule has 0 spiro atoms. The van der Waals surface area contributed by atoms with E-state index in [-0.39, 0.29) is 0 Å². The molecule has 5 nitrogen and oxygen atoms in total. The lowest BCUT2D eigenvalue weighted by Crippen LogP contribution is -1.99. The van der Waals surface area contributed by atoms with Crippen molar-refractivity contribution in [3.8, 4) is 11.4 Å². The van der Waals surface area contributed by atoms with E-state index in [0.29, 0.717) is 17.2 Å². The summed E-state index contributed by atoms with van der Waals surface area (Å²) in [7, 11) is 0. The van der Waals surface area contributed by atoms with E-state index >= 15 is 0 Å². The van der Waals surface area contributed by atoms with Crippen LogP contribution in [0.5, 0.6) is 0 Å². The van der Waals surface area contributed by atoms with Crippen molar-refractivity contribution in [1.82, 2.24) is 19.9 Å². The van der Waals surface area contributed by atoms with Crippen LogP contribution in [0.15, 0.2) is 36.9 Å². The van der Waals surface area contributed by atoms with Gasteiger partial charge in [-0.25, -0.2) is 15.0 Å². The van der Waals surface area contributed by atoms with E-state index in [1.54, 1.807) is 18.5 Å². The summed E-state index contributed by atoms with van der Waals surface area (Å²) in [4.78, 5) is 16.5. The van der Waals surface area contributed by atoms with Crippen LogP contribution in [-0.2, 0) is 0 Å². The van der Waals surface area contributed by atoms with E-state index in [9.17, 15) is 0 Å². The molecule has 2 aromatic heterocycles. The SMILES string of the molecule is C/C=C(\C=N)c1ncnc(-c2cccnc2)n1. The highest BCUT2D eigenvalue weighted by atomic mass is 15.0. The largest absolute Gasteiger partial charge is 0.308 e. The van der Waals surface area contributed by atoms with Crippen molar-refractivity contribution in [2.75, 3.05) is 0 Å². The van der Waals surface area contributed by atoms with Crippen molar-refractivity contribution in [2.45, 2.75) is 6.92 Å². The number of nitrogens with zero attached hydrogens (tertiary/aromatic N) is 4. The normalized spacial score (nSPS) is 11.2. The Bertz CT molecular complexity index is 548. The van der Waals surface area contributed by atoms with Gasteiger partial charge in [-0.15, -0.1) is 0 Å². The van der Waals surface area contributed by atoms with E-state index in [1.165, 1.54) is 12.5 Å². The summed E-state index contributed by atoms with van der Waals surface area (Å²) < 4.78 is 0. The molecule has 0 unspecified atom stereocenters. The predicted molar refractivity (Wildman–Crippen MR) is 65.5 cm³/mol. The Kier molecular flexibility index (Phi) is 3.30. The first-order valence-electron chi connectivity index (χ1n) is 5.11. The zero-order valence-corrected chi connectivity index (χ0v) is 9.33. The second kappa shape index (κ2) is 5.07. The molecule has 2 aromatic rings. The Labute approximate surface area is 98.8 Å². The first-order chi connectivity index (χ1) is 8.35. The van der Waals surface area contributed by atoms with Gasteiger partial charge in [-0.1, -0.05) is 6.08 Å². The van der Waals surface area contributed by atoms with Crippen LogP contribution in [0.25, 0.3) is 17.0 Å². The molecule has 2 heterocycles. The predicted octanol–water partition coefficient (Wildman–Crippen LogP) is 1.99. The van der Waals surface area contributed by atoms with Gasteiger partial charge in [-0.05, 0) is 19.1 Å². The van der Waals surface area contributed by atoms with Gasteiger partial charge in [-0.2, -0.15) is 0 Å². The van der Waals surface area contributed by atoms with E-state index in [4.69, 9.17) is 5.41 Å². The Hall–Kier alpha value is -2.43. The summed E-state index contributed by atoms with van der Waals surface area (Å²) in [5, 5.41) is 7.27. The molecule has 84 valence electrons. The minimum atomic E-state index is 0.497. The number of hydrogen-bond donors (Lipinski definition) is 1. The minimum absolute atomic E-state index is 0.497. The van der Waals surface area contributed by atoms with E-state index in [0.717, 1.165) is 5.56 Å². The highest BCUT2D eigenvalue weighted by molar-refractivity contribution is 6.06. The van der Waals surface area contributed by atoms with Gasteiger partial charge >= 0.3 is 0 Å². The highest BCUT2D eigenvalue weighted by Gasteiger charge is 2.05. The van der Waals surface area contributed by atoms with Crippen molar-refractivity contribution < 1.29 is 0 Å². The molecule has 5 heteroatoms. The molecular weight excluding hydrogens is 214 g/mol. The van der Waals surface area contributed by atoms with Gasteiger partial charge in [0.15, 0.2) is 11.6 Å². The van der Waals surface area contributed by atoms with Gasteiger partial charge in [0, 0.05) is 29.7 Å². The molecule has 1 N–H and O–H groups in total. The monoisotopic (exact) mass is 225 g/mol. The van der Waals surface area contributed by atoms with Crippen LogP contribution in [0.4, 0.5) is 0 Å². The van der Waals surface area contributed by atoms with Crippen LogP contribution in [-0.4, -0.2) is 26.2 Å². The lowest BCUT2D eigenvalue weighted by Gasteiger charge is -2.02. The van der Waals surface area contributed by atoms with Gasteiger partial charge in [-0.3, -0.25) is 4.98 Å². The number of nitrogens with one attached hydrogen (secondary N) is 1. The maximum absolute atomic E-state index is 7.27. The highest BCUT2D eigenvalue weighted by Crippen LogP contribution is 2.14. The minimum Gasteiger partial charge on any atom is -0.308 e. The molecule has 0 atom stereocenters. The fourth-order valence-corrected chi connectivity index (χ4v) is 1.35. The number of pyridine rings is 1. The number of hydrogen-bond acceptors (Lipinski definition) is 5. The quantitative estimate of drug-likeness (QED) is 0.810. The maximum Gasteiger partial charge on any atom is 0.164 e. The fourth-order valence-electron chi connectivity index (χ4n) is 1.35. The zero-order valence-electron chi connectivity index (χ0n) is 9.33. The van der Waals surface area contributed by atoms with Gasteiger partial charge < -0.3 is 5.41 Å². The van der Waals surface area contributed by atoms with Crippen molar-refractivity contribution >= 4 is 11.8 Å². The summed E-state index contributed by atoms with van der Waals surface area (Å²) in [6, 6.07) is 3.71. The number of allylic oxidation sites excluding steroid dienone is 2. The Morgan fingerprint density at radius 1 is 1.35 bits per heavy atom. The molecule has 0 bridgehead atoms. The van der Waals surface area contributed by atoms with Crippen molar-refractivity contribution in [1.29, 1.82) is 5.41 Å². The zero-order chi connectivity index (χ0) is 12.1. The van der Waals surface area contributed by atoms with Crippen molar-refractivity contribution in [2.24, 2.45) is 0 Å². The van der Waals surface area contributed by atoms with Crippen LogP contribution in [0.3, 0.4) is 0 Å². The van der Waals surface area contributed by atoms with Gasteiger partial charge in [0.25, 0.3) is 0 Å². The standard InChI is InChI=1S/C12H11N5/c1-2-9(6-13)11-15-8-16-12(17-11)10-4-3-5-14-7-10/h2-8,13H,1H3/b9-2+,13-6?. The second-order valence-corrected chi connectivity index (χ2v) is 3.26. The summed E-state index contributed by atoms with van der Waals surface area (Å²) in [5.74, 6) is 1.06. The fraction of sp³-hybridized carbons (Fsp3) is 0.0833. The van der Waals surface area contributed by atoms with Crippen molar-refractivity contribution in [3.05, 3.63) is 42.8 Å². The Morgan fingerprint density at radius 3 is 2.88 bits per heavy atom. The van der Waals surface area contributed by atoms with Crippen LogP contribution < -0.4 is 0 Å².